The molecule has 144 valence electrons. The molecule has 2 amide bonds. The molecular formula is C20H15Cl3N2O3. The van der Waals surface area contributed by atoms with Crippen molar-refractivity contribution in [3.05, 3.63) is 87.3 Å². The highest BCUT2D eigenvalue weighted by molar-refractivity contribution is 6.42. The third kappa shape index (κ3) is 5.07. The third-order valence-corrected chi connectivity index (χ3v) is 4.66. The Bertz CT molecular complexity index is 953. The van der Waals surface area contributed by atoms with E-state index in [0.29, 0.717) is 5.02 Å². The van der Waals surface area contributed by atoms with Crippen LogP contribution in [0.25, 0.3) is 0 Å². The Balaban J connectivity index is 1.79. The van der Waals surface area contributed by atoms with Gasteiger partial charge in [-0.3, -0.25) is 9.59 Å². The number of hydrogen-bond donors (Lipinski definition) is 1. The summed E-state index contributed by atoms with van der Waals surface area (Å²) in [7, 11) is 0. The van der Waals surface area contributed by atoms with Gasteiger partial charge in [-0.05, 0) is 29.8 Å². The van der Waals surface area contributed by atoms with Crippen LogP contribution in [0.5, 0.6) is 0 Å². The summed E-state index contributed by atoms with van der Waals surface area (Å²) in [5, 5.41) is 3.40. The van der Waals surface area contributed by atoms with Gasteiger partial charge in [0.25, 0.3) is 5.91 Å². The average molecular weight is 438 g/mol. The Hall–Kier alpha value is -2.47. The number of carbonyl (C=O) groups is 2. The summed E-state index contributed by atoms with van der Waals surface area (Å²) in [6, 6.07) is 15.4. The quantitative estimate of drug-likeness (QED) is 0.552. The van der Waals surface area contributed by atoms with E-state index in [0.717, 1.165) is 5.56 Å². The van der Waals surface area contributed by atoms with Crippen molar-refractivity contribution in [2.45, 2.75) is 6.54 Å². The van der Waals surface area contributed by atoms with Crippen molar-refractivity contribution in [3.63, 3.8) is 0 Å². The van der Waals surface area contributed by atoms with E-state index in [1.165, 1.54) is 23.3 Å². The molecule has 1 N–H and O–H groups in total. The number of benzene rings is 2. The highest BCUT2D eigenvalue weighted by atomic mass is 35.5. The number of halogens is 3. The lowest BCUT2D eigenvalue weighted by Gasteiger charge is -2.22. The van der Waals surface area contributed by atoms with Gasteiger partial charge in [0.15, 0.2) is 5.76 Å². The first-order chi connectivity index (χ1) is 13.4. The molecule has 1 aromatic heterocycles. The van der Waals surface area contributed by atoms with Crippen LogP contribution in [0.15, 0.2) is 65.3 Å². The Kier molecular flexibility index (Phi) is 6.62. The zero-order valence-electron chi connectivity index (χ0n) is 14.5. The van der Waals surface area contributed by atoms with Crippen molar-refractivity contribution >= 4 is 52.3 Å². The molecule has 0 saturated heterocycles. The summed E-state index contributed by atoms with van der Waals surface area (Å²) in [6.07, 6.45) is 1.40. The van der Waals surface area contributed by atoms with Gasteiger partial charge < -0.3 is 14.6 Å². The second-order valence-electron chi connectivity index (χ2n) is 5.92. The van der Waals surface area contributed by atoms with Crippen molar-refractivity contribution < 1.29 is 14.0 Å². The molecule has 0 aliphatic carbocycles. The smallest absolute Gasteiger partial charge is 0.290 e. The first-order valence-corrected chi connectivity index (χ1v) is 9.38. The lowest BCUT2D eigenvalue weighted by Crippen LogP contribution is -2.37. The number of hydrogen-bond acceptors (Lipinski definition) is 3. The second kappa shape index (κ2) is 9.15. The predicted molar refractivity (Wildman–Crippen MR) is 110 cm³/mol. The maximum atomic E-state index is 12.8. The second-order valence-corrected chi connectivity index (χ2v) is 7.17. The molecule has 0 spiro atoms. The van der Waals surface area contributed by atoms with E-state index in [9.17, 15) is 9.59 Å². The third-order valence-electron chi connectivity index (χ3n) is 3.84. The Morgan fingerprint density at radius 1 is 0.964 bits per heavy atom. The molecule has 1 heterocycles. The van der Waals surface area contributed by atoms with Crippen molar-refractivity contribution in [2.24, 2.45) is 0 Å². The molecular weight excluding hydrogens is 423 g/mol. The minimum Gasteiger partial charge on any atom is -0.459 e. The van der Waals surface area contributed by atoms with E-state index in [4.69, 9.17) is 39.2 Å². The van der Waals surface area contributed by atoms with Gasteiger partial charge >= 0.3 is 0 Å². The van der Waals surface area contributed by atoms with Gasteiger partial charge in [-0.25, -0.2) is 0 Å². The summed E-state index contributed by atoms with van der Waals surface area (Å²) in [5.74, 6) is -0.717. The minimum atomic E-state index is -0.457. The standard InChI is InChI=1S/C20H15Cl3N2O3/c21-14-9-15(22)19(16(23)10-14)24-18(26)12-25(11-13-5-2-1-3-6-13)20(27)17-7-4-8-28-17/h1-10H,11-12H2,(H,24,26). The molecule has 0 aliphatic heterocycles. The molecule has 0 radical (unpaired) electrons. The highest BCUT2D eigenvalue weighted by Gasteiger charge is 2.22. The topological polar surface area (TPSA) is 62.6 Å². The van der Waals surface area contributed by atoms with E-state index in [-0.39, 0.29) is 34.6 Å². The predicted octanol–water partition coefficient (Wildman–Crippen LogP) is 5.52. The SMILES string of the molecule is O=C(CN(Cc1ccccc1)C(=O)c1ccco1)Nc1c(Cl)cc(Cl)cc1Cl. The zero-order valence-corrected chi connectivity index (χ0v) is 16.8. The van der Waals surface area contributed by atoms with Crippen LogP contribution in [-0.4, -0.2) is 23.3 Å². The van der Waals surface area contributed by atoms with Crippen molar-refractivity contribution in [1.29, 1.82) is 0 Å². The molecule has 3 aromatic rings. The van der Waals surface area contributed by atoms with Crippen LogP contribution < -0.4 is 5.32 Å². The summed E-state index contributed by atoms with van der Waals surface area (Å²) < 4.78 is 5.19. The number of furan rings is 1. The lowest BCUT2D eigenvalue weighted by atomic mass is 10.2. The van der Waals surface area contributed by atoms with Crippen LogP contribution >= 0.6 is 34.8 Å². The van der Waals surface area contributed by atoms with Crippen LogP contribution in [0.4, 0.5) is 5.69 Å². The summed E-state index contributed by atoms with van der Waals surface area (Å²) in [4.78, 5) is 26.7. The molecule has 0 unspecified atom stereocenters. The fourth-order valence-corrected chi connectivity index (χ4v) is 3.48. The van der Waals surface area contributed by atoms with Crippen LogP contribution in [-0.2, 0) is 11.3 Å². The molecule has 0 aliphatic rings. The summed E-state index contributed by atoms with van der Waals surface area (Å²) >= 11 is 18.1. The lowest BCUT2D eigenvalue weighted by molar-refractivity contribution is -0.117. The van der Waals surface area contributed by atoms with E-state index in [1.807, 2.05) is 30.3 Å². The van der Waals surface area contributed by atoms with Crippen molar-refractivity contribution in [1.82, 2.24) is 4.90 Å². The number of amides is 2. The van der Waals surface area contributed by atoms with Gasteiger partial charge in [0.05, 0.1) is 22.0 Å². The van der Waals surface area contributed by atoms with E-state index in [2.05, 4.69) is 5.32 Å². The molecule has 8 heteroatoms. The van der Waals surface area contributed by atoms with E-state index in [1.54, 1.807) is 12.1 Å². The van der Waals surface area contributed by atoms with Crippen molar-refractivity contribution in [3.8, 4) is 0 Å². The van der Waals surface area contributed by atoms with Crippen LogP contribution in [0, 0.1) is 0 Å². The van der Waals surface area contributed by atoms with Gasteiger partial charge in [0.1, 0.15) is 6.54 Å². The summed E-state index contributed by atoms with van der Waals surface area (Å²) in [6.45, 7) is 0.0135. The molecule has 5 nitrogen and oxygen atoms in total. The number of carbonyl (C=O) groups excluding carboxylic acids is 2. The first kappa shape index (κ1) is 20.3. The van der Waals surface area contributed by atoms with Crippen LogP contribution in [0.3, 0.4) is 0 Å². The molecule has 3 rings (SSSR count). The van der Waals surface area contributed by atoms with E-state index >= 15 is 0 Å². The van der Waals surface area contributed by atoms with Gasteiger partial charge in [0.2, 0.25) is 5.91 Å². The average Bonchev–Trinajstić information content (AvgIpc) is 3.19. The van der Waals surface area contributed by atoms with Crippen LogP contribution in [0.2, 0.25) is 15.1 Å². The zero-order chi connectivity index (χ0) is 20.1. The van der Waals surface area contributed by atoms with Gasteiger partial charge in [-0.2, -0.15) is 0 Å². The molecule has 0 saturated carbocycles. The number of rotatable bonds is 6. The fraction of sp³-hybridized carbons (Fsp3) is 0.100. The molecule has 28 heavy (non-hydrogen) atoms. The Morgan fingerprint density at radius 2 is 1.64 bits per heavy atom. The minimum absolute atomic E-state index is 0.145. The Labute approximate surface area is 176 Å². The normalized spacial score (nSPS) is 10.5. The first-order valence-electron chi connectivity index (χ1n) is 8.25. The largest absolute Gasteiger partial charge is 0.459 e. The monoisotopic (exact) mass is 436 g/mol. The fourth-order valence-electron chi connectivity index (χ4n) is 2.57. The number of nitrogens with one attached hydrogen (secondary N) is 1. The maximum Gasteiger partial charge on any atom is 0.290 e. The van der Waals surface area contributed by atoms with E-state index < -0.39 is 11.8 Å². The molecule has 2 aromatic carbocycles. The number of anilines is 1. The molecule has 0 fully saturated rings. The van der Waals surface area contributed by atoms with Gasteiger partial charge in [-0.1, -0.05) is 65.1 Å². The molecule has 0 atom stereocenters. The van der Waals surface area contributed by atoms with Crippen LogP contribution in [0.1, 0.15) is 16.1 Å². The Morgan fingerprint density at radius 3 is 2.25 bits per heavy atom. The maximum absolute atomic E-state index is 12.8. The highest BCUT2D eigenvalue weighted by Crippen LogP contribution is 2.33. The van der Waals surface area contributed by atoms with Crippen molar-refractivity contribution in [2.75, 3.05) is 11.9 Å². The van der Waals surface area contributed by atoms with Gasteiger partial charge in [-0.15, -0.1) is 0 Å². The summed E-state index contributed by atoms with van der Waals surface area (Å²) in [5.41, 5.74) is 1.11. The molecule has 0 bridgehead atoms. The van der Waals surface area contributed by atoms with Gasteiger partial charge in [0, 0.05) is 11.6 Å². The number of nitrogens with zero attached hydrogens (tertiary/aromatic N) is 1.